The van der Waals surface area contributed by atoms with Crippen molar-refractivity contribution in [2.24, 2.45) is 0 Å². The zero-order valence-electron chi connectivity index (χ0n) is 18.5. The van der Waals surface area contributed by atoms with E-state index in [-0.39, 0.29) is 17.6 Å². The maximum absolute atomic E-state index is 13.5. The lowest BCUT2D eigenvalue weighted by atomic mass is 9.96. The van der Waals surface area contributed by atoms with Gasteiger partial charge in [0, 0.05) is 16.9 Å². The molecule has 0 fully saturated rings. The van der Waals surface area contributed by atoms with Gasteiger partial charge >= 0.3 is 0 Å². The third-order valence-electron chi connectivity index (χ3n) is 5.33. The van der Waals surface area contributed by atoms with Crippen LogP contribution in [0, 0.1) is 0 Å². The quantitative estimate of drug-likeness (QED) is 0.633. The second-order valence-corrected chi connectivity index (χ2v) is 9.30. The Morgan fingerprint density at radius 3 is 2.58 bits per heavy atom. The van der Waals surface area contributed by atoms with E-state index >= 15 is 0 Å². The van der Waals surface area contributed by atoms with Crippen LogP contribution in [-0.4, -0.2) is 35.0 Å². The van der Waals surface area contributed by atoms with Crippen molar-refractivity contribution in [3.63, 3.8) is 0 Å². The molecule has 0 spiro atoms. The van der Waals surface area contributed by atoms with Crippen LogP contribution in [0.5, 0.6) is 5.75 Å². The number of para-hydroxylation sites is 2. The number of fused-ring (bicyclic) bond motifs is 1. The monoisotopic (exact) mass is 440 g/mol. The van der Waals surface area contributed by atoms with Gasteiger partial charge in [-0.25, -0.2) is 0 Å². The molecule has 7 heteroatoms. The van der Waals surface area contributed by atoms with Gasteiger partial charge in [-0.1, -0.05) is 12.1 Å². The van der Waals surface area contributed by atoms with E-state index in [9.17, 15) is 14.4 Å². The average molecular weight is 441 g/mol. The lowest BCUT2D eigenvalue weighted by Gasteiger charge is -2.43. The normalized spacial score (nSPS) is 15.6. The van der Waals surface area contributed by atoms with Crippen LogP contribution >= 0.6 is 11.8 Å². The molecular weight excluding hydrogens is 412 g/mol. The number of ketones is 1. The lowest BCUT2D eigenvalue weighted by Crippen LogP contribution is -2.60. The van der Waals surface area contributed by atoms with Gasteiger partial charge in [0.1, 0.15) is 11.3 Å². The molecule has 2 amide bonds. The summed E-state index contributed by atoms with van der Waals surface area (Å²) in [5.74, 6) is 0.840. The van der Waals surface area contributed by atoms with Crippen molar-refractivity contribution in [2.45, 2.75) is 51.2 Å². The van der Waals surface area contributed by atoms with Crippen molar-refractivity contribution in [2.75, 3.05) is 16.8 Å². The number of nitrogens with zero attached hydrogens (tertiary/aromatic N) is 1. The Labute approximate surface area is 187 Å². The van der Waals surface area contributed by atoms with E-state index in [1.165, 1.54) is 18.7 Å². The predicted molar refractivity (Wildman–Crippen MR) is 125 cm³/mol. The van der Waals surface area contributed by atoms with Gasteiger partial charge in [0.25, 0.3) is 0 Å². The summed E-state index contributed by atoms with van der Waals surface area (Å²) in [6.45, 7) is 9.28. The van der Waals surface area contributed by atoms with Crippen LogP contribution in [0.4, 0.5) is 11.4 Å². The smallest absolute Gasteiger partial charge is 0.250 e. The van der Waals surface area contributed by atoms with Crippen molar-refractivity contribution < 1.29 is 19.1 Å². The fourth-order valence-corrected chi connectivity index (χ4v) is 4.43. The maximum atomic E-state index is 13.5. The van der Waals surface area contributed by atoms with Gasteiger partial charge in [0.2, 0.25) is 11.8 Å². The highest BCUT2D eigenvalue weighted by Crippen LogP contribution is 2.38. The minimum Gasteiger partial charge on any atom is -0.494 e. The fourth-order valence-electron chi connectivity index (χ4n) is 3.52. The lowest BCUT2D eigenvalue weighted by molar-refractivity contribution is -0.126. The number of anilines is 2. The molecule has 1 aliphatic rings. The van der Waals surface area contributed by atoms with Crippen LogP contribution < -0.4 is 15.0 Å². The first-order valence-electron chi connectivity index (χ1n) is 10.3. The fraction of sp³-hybridized carbons (Fsp3) is 0.375. The summed E-state index contributed by atoms with van der Waals surface area (Å²) < 4.78 is 5.70. The van der Waals surface area contributed by atoms with Crippen LogP contribution in [-0.2, 0) is 15.3 Å². The van der Waals surface area contributed by atoms with Crippen LogP contribution in [0.15, 0.2) is 42.5 Å². The number of ether oxygens (including phenoxy) is 1. The Hall–Kier alpha value is -2.80. The van der Waals surface area contributed by atoms with E-state index in [4.69, 9.17) is 4.74 Å². The van der Waals surface area contributed by atoms with E-state index in [1.54, 1.807) is 36.9 Å². The Balaban J connectivity index is 1.84. The average Bonchev–Trinajstić information content (AvgIpc) is 2.73. The van der Waals surface area contributed by atoms with Crippen LogP contribution in [0.3, 0.4) is 0 Å². The second-order valence-electron chi connectivity index (χ2n) is 7.97. The molecule has 0 radical (unpaired) electrons. The van der Waals surface area contributed by atoms with E-state index in [1.807, 2.05) is 38.1 Å². The van der Waals surface area contributed by atoms with Crippen molar-refractivity contribution in [1.29, 1.82) is 0 Å². The van der Waals surface area contributed by atoms with E-state index in [0.717, 1.165) is 5.56 Å². The molecule has 0 saturated carbocycles. The molecule has 0 unspecified atom stereocenters. The SMILES string of the molecule is CCOc1ccc(C(C)=O)cc1CS[C@@H](C)C(=O)N1c2ccccc2NC(=O)C1(C)C. The minimum atomic E-state index is -1.01. The van der Waals surface area contributed by atoms with Gasteiger partial charge in [-0.2, -0.15) is 0 Å². The molecule has 3 rings (SSSR count). The summed E-state index contributed by atoms with van der Waals surface area (Å²) in [6, 6.07) is 12.7. The predicted octanol–water partition coefficient (Wildman–Crippen LogP) is 4.67. The first-order valence-corrected chi connectivity index (χ1v) is 11.3. The number of carbonyl (C=O) groups excluding carboxylic acids is 3. The van der Waals surface area contributed by atoms with Gasteiger partial charge in [-0.3, -0.25) is 19.3 Å². The molecule has 0 aromatic heterocycles. The third-order valence-corrected chi connectivity index (χ3v) is 6.51. The maximum Gasteiger partial charge on any atom is 0.250 e. The molecule has 1 aliphatic heterocycles. The van der Waals surface area contributed by atoms with Crippen molar-refractivity contribution in [3.8, 4) is 5.75 Å². The molecule has 0 saturated heterocycles. The molecule has 1 heterocycles. The Bertz CT molecular complexity index is 1020. The molecule has 0 aliphatic carbocycles. The first-order chi connectivity index (χ1) is 14.7. The second kappa shape index (κ2) is 9.14. The summed E-state index contributed by atoms with van der Waals surface area (Å²) in [7, 11) is 0. The summed E-state index contributed by atoms with van der Waals surface area (Å²) in [6.07, 6.45) is 0. The molecule has 1 N–H and O–H groups in total. The highest BCUT2D eigenvalue weighted by molar-refractivity contribution is 7.99. The third kappa shape index (κ3) is 4.61. The molecule has 2 aromatic carbocycles. The minimum absolute atomic E-state index is 0.0175. The zero-order valence-corrected chi connectivity index (χ0v) is 19.3. The Morgan fingerprint density at radius 2 is 1.90 bits per heavy atom. The number of carbonyl (C=O) groups is 3. The molecule has 1 atom stereocenters. The number of nitrogens with one attached hydrogen (secondary N) is 1. The van der Waals surface area contributed by atoms with Gasteiger partial charge in [0.05, 0.1) is 23.2 Å². The van der Waals surface area contributed by atoms with Crippen molar-refractivity contribution in [1.82, 2.24) is 0 Å². The molecule has 31 heavy (non-hydrogen) atoms. The van der Waals surface area contributed by atoms with E-state index in [2.05, 4.69) is 5.32 Å². The van der Waals surface area contributed by atoms with Crippen molar-refractivity contribution >= 4 is 40.7 Å². The largest absolute Gasteiger partial charge is 0.494 e. The topological polar surface area (TPSA) is 75.7 Å². The zero-order chi connectivity index (χ0) is 22.8. The number of benzene rings is 2. The Kier molecular flexibility index (Phi) is 6.74. The number of Topliss-reactive ketones (excluding diaryl/α,β-unsaturated/α-hetero) is 1. The first kappa shape index (κ1) is 22.9. The van der Waals surface area contributed by atoms with Crippen molar-refractivity contribution in [3.05, 3.63) is 53.6 Å². The summed E-state index contributed by atoms with van der Waals surface area (Å²) in [5.41, 5.74) is 1.80. The molecule has 6 nitrogen and oxygen atoms in total. The number of amides is 2. The van der Waals surface area contributed by atoms with Crippen LogP contribution in [0.1, 0.15) is 50.5 Å². The highest BCUT2D eigenvalue weighted by atomic mass is 32.2. The molecule has 2 aromatic rings. The molecule has 164 valence electrons. The number of hydrogen-bond donors (Lipinski definition) is 1. The van der Waals surface area contributed by atoms with Crippen LogP contribution in [0.25, 0.3) is 0 Å². The van der Waals surface area contributed by atoms with Gasteiger partial charge in [-0.15, -0.1) is 11.8 Å². The summed E-state index contributed by atoms with van der Waals surface area (Å²) in [5, 5.41) is 2.47. The van der Waals surface area contributed by atoms with Gasteiger partial charge in [-0.05, 0) is 65.0 Å². The number of rotatable bonds is 7. The molecule has 0 bridgehead atoms. The molecular formula is C24H28N2O4S. The highest BCUT2D eigenvalue weighted by Gasteiger charge is 2.44. The van der Waals surface area contributed by atoms with E-state index < -0.39 is 10.8 Å². The van der Waals surface area contributed by atoms with Gasteiger partial charge < -0.3 is 10.1 Å². The van der Waals surface area contributed by atoms with E-state index in [0.29, 0.717) is 35.0 Å². The number of thioether (sulfide) groups is 1. The number of hydrogen-bond acceptors (Lipinski definition) is 5. The Morgan fingerprint density at radius 1 is 1.19 bits per heavy atom. The van der Waals surface area contributed by atoms with Crippen LogP contribution in [0.2, 0.25) is 0 Å². The standard InChI is InChI=1S/C24H28N2O4S/c1-6-30-21-12-11-17(15(2)27)13-18(21)14-31-16(3)22(28)26-20-10-8-7-9-19(20)25-23(29)24(26,4)5/h7-13,16H,6,14H2,1-5H3,(H,25,29)/t16-/m0/s1. The van der Waals surface area contributed by atoms with Gasteiger partial charge in [0.15, 0.2) is 5.78 Å². The summed E-state index contributed by atoms with van der Waals surface area (Å²) in [4.78, 5) is 39.5. The summed E-state index contributed by atoms with van der Waals surface area (Å²) >= 11 is 1.45.